The molecule has 0 bridgehead atoms. The van der Waals surface area contributed by atoms with Crippen molar-refractivity contribution >= 4 is 29.2 Å². The third kappa shape index (κ3) is 4.69. The zero-order valence-corrected chi connectivity index (χ0v) is 17.8. The summed E-state index contributed by atoms with van der Waals surface area (Å²) in [5, 5.41) is 2.06. The summed E-state index contributed by atoms with van der Waals surface area (Å²) in [6.07, 6.45) is -6.55. The van der Waals surface area contributed by atoms with Gasteiger partial charge in [0.25, 0.3) is 11.9 Å². The molecule has 2 atom stereocenters. The molecular weight excluding hydrogens is 458 g/mol. The topological polar surface area (TPSA) is 112 Å². The Hall–Kier alpha value is -3.15. The van der Waals surface area contributed by atoms with Gasteiger partial charge in [-0.3, -0.25) is 4.79 Å². The second-order valence-corrected chi connectivity index (χ2v) is 7.60. The van der Waals surface area contributed by atoms with Crippen LogP contribution in [-0.4, -0.2) is 41.3 Å². The lowest BCUT2D eigenvalue weighted by Crippen LogP contribution is -2.46. The van der Waals surface area contributed by atoms with Crippen LogP contribution < -0.4 is 15.8 Å². The highest BCUT2D eigenvalue weighted by atomic mass is 35.5. The molecule has 1 aromatic heterocycles. The van der Waals surface area contributed by atoms with E-state index in [-0.39, 0.29) is 28.5 Å². The van der Waals surface area contributed by atoms with E-state index in [0.717, 1.165) is 12.1 Å². The van der Waals surface area contributed by atoms with Gasteiger partial charge in [-0.2, -0.15) is 13.2 Å². The summed E-state index contributed by atoms with van der Waals surface area (Å²) >= 11 is 5.96. The number of hydrogen-bond acceptors (Lipinski definition) is 7. The minimum absolute atomic E-state index is 0.0125. The van der Waals surface area contributed by atoms with Gasteiger partial charge in [0.05, 0.1) is 29.6 Å². The van der Waals surface area contributed by atoms with Crippen molar-refractivity contribution in [2.75, 3.05) is 12.4 Å². The van der Waals surface area contributed by atoms with Gasteiger partial charge in [0.15, 0.2) is 6.10 Å². The molecule has 0 radical (unpaired) electrons. The molecule has 3 rings (SSSR count). The molecule has 2 aromatic rings. The number of alkyl halides is 3. The van der Waals surface area contributed by atoms with E-state index >= 15 is 0 Å². The highest BCUT2D eigenvalue weighted by molar-refractivity contribution is 6.31. The fraction of sp³-hybridized carbons (Fsp3) is 0.368. The molecule has 1 aliphatic rings. The van der Waals surface area contributed by atoms with Crippen molar-refractivity contribution in [1.82, 2.24) is 9.97 Å². The van der Waals surface area contributed by atoms with Crippen LogP contribution in [0.15, 0.2) is 23.3 Å². The molecular formula is C19H18ClF4N5O3. The van der Waals surface area contributed by atoms with Gasteiger partial charge in [-0.1, -0.05) is 11.6 Å². The minimum Gasteiger partial charge on any atom is -0.480 e. The van der Waals surface area contributed by atoms with E-state index in [1.54, 1.807) is 0 Å². The van der Waals surface area contributed by atoms with E-state index in [1.165, 1.54) is 27.2 Å². The zero-order valence-electron chi connectivity index (χ0n) is 17.1. The van der Waals surface area contributed by atoms with Crippen LogP contribution in [0, 0.1) is 12.7 Å². The largest absolute Gasteiger partial charge is 0.480 e. The first-order chi connectivity index (χ1) is 14.8. The average Bonchev–Trinajstić information content (AvgIpc) is 2.68. The van der Waals surface area contributed by atoms with E-state index in [4.69, 9.17) is 22.1 Å². The summed E-state index contributed by atoms with van der Waals surface area (Å²) in [5.74, 6) is -1.49. The SMILES string of the molecule is COc1cnc(C(=O)Nc2cc(Cl)c(F)c([C@@]3(C)C[C@@H](C(F)(F)F)OC(N)=N3)c2)c(C)n1. The number of anilines is 1. The molecule has 0 unspecified atom stereocenters. The second kappa shape index (κ2) is 8.41. The number of aryl methyl sites for hydroxylation is 1. The van der Waals surface area contributed by atoms with E-state index in [0.29, 0.717) is 0 Å². The van der Waals surface area contributed by atoms with Gasteiger partial charge in [-0.15, -0.1) is 0 Å². The number of nitrogens with two attached hydrogens (primary N) is 1. The second-order valence-electron chi connectivity index (χ2n) is 7.20. The van der Waals surface area contributed by atoms with Crippen LogP contribution in [0.1, 0.15) is 35.1 Å². The van der Waals surface area contributed by atoms with E-state index in [2.05, 4.69) is 25.0 Å². The maximum Gasteiger partial charge on any atom is 0.425 e. The number of halogens is 5. The first-order valence-electron chi connectivity index (χ1n) is 9.11. The Morgan fingerprint density at radius 1 is 1.41 bits per heavy atom. The minimum atomic E-state index is -4.75. The molecule has 3 N–H and O–H groups in total. The number of aliphatic imine (C=N–C) groups is 1. The van der Waals surface area contributed by atoms with Crippen molar-refractivity contribution in [3.63, 3.8) is 0 Å². The van der Waals surface area contributed by atoms with Gasteiger partial charge >= 0.3 is 6.18 Å². The van der Waals surface area contributed by atoms with Gasteiger partial charge in [0, 0.05) is 17.7 Å². The lowest BCUT2D eigenvalue weighted by molar-refractivity contribution is -0.208. The molecule has 13 heteroatoms. The molecule has 0 saturated heterocycles. The van der Waals surface area contributed by atoms with Crippen molar-refractivity contribution in [3.05, 3.63) is 46.1 Å². The van der Waals surface area contributed by atoms with Crippen LogP contribution in [0.5, 0.6) is 5.88 Å². The lowest BCUT2D eigenvalue weighted by atomic mass is 9.85. The van der Waals surface area contributed by atoms with Crippen LogP contribution >= 0.6 is 11.6 Å². The number of nitrogens with zero attached hydrogens (tertiary/aromatic N) is 3. The Balaban J connectivity index is 1.98. The van der Waals surface area contributed by atoms with E-state index < -0.39 is 47.0 Å². The molecule has 0 spiro atoms. The van der Waals surface area contributed by atoms with Gasteiger partial charge in [0.2, 0.25) is 5.88 Å². The molecule has 8 nitrogen and oxygen atoms in total. The van der Waals surface area contributed by atoms with Crippen molar-refractivity contribution < 1.29 is 31.8 Å². The number of hydrogen-bond donors (Lipinski definition) is 2. The molecule has 172 valence electrons. The Bertz CT molecular complexity index is 1100. The van der Waals surface area contributed by atoms with Crippen molar-refractivity contribution in [2.45, 2.75) is 38.1 Å². The van der Waals surface area contributed by atoms with Gasteiger partial charge < -0.3 is 20.5 Å². The summed E-state index contributed by atoms with van der Waals surface area (Å²) in [4.78, 5) is 24.5. The third-order valence-electron chi connectivity index (χ3n) is 4.78. The summed E-state index contributed by atoms with van der Waals surface area (Å²) in [7, 11) is 1.39. The van der Waals surface area contributed by atoms with Crippen molar-refractivity contribution in [1.29, 1.82) is 0 Å². The van der Waals surface area contributed by atoms with E-state index in [9.17, 15) is 22.4 Å². The normalized spacial score (nSPS) is 20.9. The van der Waals surface area contributed by atoms with Crippen LogP contribution in [-0.2, 0) is 10.3 Å². The summed E-state index contributed by atoms with van der Waals surface area (Å²) < 4.78 is 64.1. The molecule has 0 fully saturated rings. The quantitative estimate of drug-likeness (QED) is 0.652. The number of amides is 1. The summed E-state index contributed by atoms with van der Waals surface area (Å²) in [5.41, 5.74) is 3.62. The van der Waals surface area contributed by atoms with Gasteiger partial charge in [-0.25, -0.2) is 19.4 Å². The highest BCUT2D eigenvalue weighted by Crippen LogP contribution is 2.42. The van der Waals surface area contributed by atoms with Crippen molar-refractivity contribution in [2.24, 2.45) is 10.7 Å². The number of amidine groups is 1. The van der Waals surface area contributed by atoms with Crippen LogP contribution in [0.3, 0.4) is 0 Å². The molecule has 0 saturated carbocycles. The number of carbonyl (C=O) groups is 1. The smallest absolute Gasteiger partial charge is 0.425 e. The number of rotatable bonds is 4. The number of aromatic nitrogens is 2. The predicted molar refractivity (Wildman–Crippen MR) is 107 cm³/mol. The molecule has 0 aliphatic carbocycles. The maximum absolute atomic E-state index is 14.9. The number of ether oxygens (including phenoxy) is 2. The monoisotopic (exact) mass is 475 g/mol. The Morgan fingerprint density at radius 2 is 2.09 bits per heavy atom. The zero-order chi connectivity index (χ0) is 23.8. The molecule has 1 aliphatic heterocycles. The maximum atomic E-state index is 14.9. The predicted octanol–water partition coefficient (Wildman–Crippen LogP) is 3.72. The number of nitrogens with one attached hydrogen (secondary N) is 1. The number of benzene rings is 1. The van der Waals surface area contributed by atoms with Crippen LogP contribution in [0.2, 0.25) is 5.02 Å². The van der Waals surface area contributed by atoms with E-state index in [1.807, 2.05) is 0 Å². The lowest BCUT2D eigenvalue weighted by Gasteiger charge is -2.36. The summed E-state index contributed by atoms with van der Waals surface area (Å²) in [6.45, 7) is 2.80. The highest BCUT2D eigenvalue weighted by Gasteiger charge is 2.50. The van der Waals surface area contributed by atoms with Crippen LogP contribution in [0.25, 0.3) is 0 Å². The van der Waals surface area contributed by atoms with Gasteiger partial charge in [0.1, 0.15) is 11.5 Å². The fourth-order valence-corrected chi connectivity index (χ4v) is 3.46. The Morgan fingerprint density at radius 3 is 2.69 bits per heavy atom. The third-order valence-corrected chi connectivity index (χ3v) is 5.06. The molecule has 2 heterocycles. The summed E-state index contributed by atoms with van der Waals surface area (Å²) in [6, 6.07) is 1.51. The Labute approximate surface area is 184 Å². The average molecular weight is 476 g/mol. The number of carbonyl (C=O) groups excluding carboxylic acids is 1. The fourth-order valence-electron chi connectivity index (χ4n) is 3.24. The van der Waals surface area contributed by atoms with Crippen LogP contribution in [0.4, 0.5) is 23.2 Å². The first kappa shape index (κ1) is 23.5. The number of methoxy groups -OCH3 is 1. The first-order valence-corrected chi connectivity index (χ1v) is 9.49. The standard InChI is InChI=1S/C19H18ClF4N5O3/c1-8-15(26-7-13(27-8)31-3)16(30)28-9-4-10(14(21)11(20)5-9)18(2)6-12(19(22,23)24)32-17(25)29-18/h4-5,7,12H,6H2,1-3H3,(H2,25,29)(H,28,30)/t12-,18+/m0/s1. The van der Waals surface area contributed by atoms with Crippen molar-refractivity contribution in [3.8, 4) is 5.88 Å². The Kier molecular flexibility index (Phi) is 6.18. The van der Waals surface area contributed by atoms with Gasteiger partial charge in [-0.05, 0) is 26.0 Å². The molecule has 1 amide bonds. The molecule has 1 aromatic carbocycles. The molecule has 32 heavy (non-hydrogen) atoms.